The predicted molar refractivity (Wildman–Crippen MR) is 87.4 cm³/mol. The van der Waals surface area contributed by atoms with E-state index in [-0.39, 0.29) is 16.2 Å². The first kappa shape index (κ1) is 17.0. The summed E-state index contributed by atoms with van der Waals surface area (Å²) >= 11 is 6.39. The van der Waals surface area contributed by atoms with Gasteiger partial charge in [-0.05, 0) is 52.3 Å². The van der Waals surface area contributed by atoms with Crippen LogP contribution in [0.2, 0.25) is 0 Å². The highest BCUT2D eigenvalue weighted by Gasteiger charge is 2.21. The van der Waals surface area contributed by atoms with Crippen molar-refractivity contribution >= 4 is 47.9 Å². The van der Waals surface area contributed by atoms with E-state index in [1.54, 1.807) is 12.1 Å². The molecule has 0 aliphatic carbocycles. The molecule has 0 atom stereocenters. The van der Waals surface area contributed by atoms with Crippen LogP contribution in [0.3, 0.4) is 0 Å². The first-order chi connectivity index (χ1) is 10.3. The van der Waals surface area contributed by atoms with Crippen molar-refractivity contribution < 1.29 is 22.1 Å². The highest BCUT2D eigenvalue weighted by Crippen LogP contribution is 2.28. The van der Waals surface area contributed by atoms with Crippen LogP contribution in [-0.4, -0.2) is 21.5 Å². The number of carbonyl (C=O) groups excluding carboxylic acids is 1. The molecule has 0 unspecified atom stereocenters. The molecule has 0 saturated heterocycles. The molecule has 0 amide bonds. The molecule has 0 radical (unpaired) electrons. The van der Waals surface area contributed by atoms with Crippen LogP contribution in [0.1, 0.15) is 10.4 Å². The van der Waals surface area contributed by atoms with Crippen molar-refractivity contribution in [3.63, 3.8) is 0 Å². The van der Waals surface area contributed by atoms with Crippen LogP contribution < -0.4 is 4.18 Å². The third-order valence-corrected chi connectivity index (χ3v) is 5.36. The van der Waals surface area contributed by atoms with Crippen molar-refractivity contribution in [1.82, 2.24) is 0 Å². The van der Waals surface area contributed by atoms with Crippen molar-refractivity contribution in [2.75, 3.05) is 7.11 Å². The van der Waals surface area contributed by atoms with E-state index < -0.39 is 16.1 Å². The number of hydrogen-bond donors (Lipinski definition) is 0. The fraction of sp³-hybridized carbons (Fsp3) is 0.0714. The molecule has 0 saturated carbocycles. The third kappa shape index (κ3) is 3.88. The number of esters is 1. The molecular weight excluding hydrogens is 440 g/mol. The Morgan fingerprint density at radius 3 is 2.50 bits per heavy atom. The van der Waals surface area contributed by atoms with Gasteiger partial charge in [-0.3, -0.25) is 0 Å². The minimum atomic E-state index is -4.04. The van der Waals surface area contributed by atoms with E-state index in [1.165, 1.54) is 37.4 Å². The van der Waals surface area contributed by atoms with Gasteiger partial charge in [0.15, 0.2) is 0 Å². The summed E-state index contributed by atoms with van der Waals surface area (Å²) in [5.41, 5.74) is 0.198. The van der Waals surface area contributed by atoms with Crippen LogP contribution in [-0.2, 0) is 14.9 Å². The predicted octanol–water partition coefficient (Wildman–Crippen LogP) is 3.77. The van der Waals surface area contributed by atoms with Crippen LogP contribution in [0, 0.1) is 0 Å². The summed E-state index contributed by atoms with van der Waals surface area (Å²) in [6.45, 7) is 0. The zero-order valence-corrected chi connectivity index (χ0v) is 15.2. The number of rotatable bonds is 4. The Morgan fingerprint density at radius 1 is 1.09 bits per heavy atom. The fourth-order valence-electron chi connectivity index (χ4n) is 1.63. The number of benzene rings is 2. The summed E-state index contributed by atoms with van der Waals surface area (Å²) in [5.74, 6) is -0.554. The molecule has 0 N–H and O–H groups in total. The van der Waals surface area contributed by atoms with E-state index >= 15 is 0 Å². The fourth-order valence-corrected chi connectivity index (χ4v) is 4.01. The highest BCUT2D eigenvalue weighted by molar-refractivity contribution is 9.11. The van der Waals surface area contributed by atoms with Crippen molar-refractivity contribution in [3.8, 4) is 5.75 Å². The van der Waals surface area contributed by atoms with Gasteiger partial charge in [0.2, 0.25) is 0 Å². The lowest BCUT2D eigenvalue weighted by atomic mass is 10.2. The smallest absolute Gasteiger partial charge is 0.340 e. The maximum atomic E-state index is 12.3. The Hall–Kier alpha value is -1.38. The van der Waals surface area contributed by atoms with E-state index in [1.807, 2.05) is 0 Å². The summed E-state index contributed by atoms with van der Waals surface area (Å²) in [6.07, 6.45) is 0. The lowest BCUT2D eigenvalue weighted by Crippen LogP contribution is -2.11. The van der Waals surface area contributed by atoms with Crippen LogP contribution in [0.5, 0.6) is 5.75 Å². The summed E-state index contributed by atoms with van der Waals surface area (Å²) in [7, 11) is -2.80. The lowest BCUT2D eigenvalue weighted by molar-refractivity contribution is 0.0600. The van der Waals surface area contributed by atoms with Gasteiger partial charge < -0.3 is 8.92 Å². The van der Waals surface area contributed by atoms with Gasteiger partial charge in [-0.2, -0.15) is 8.42 Å². The zero-order valence-electron chi connectivity index (χ0n) is 11.2. The molecule has 2 aromatic rings. The number of methoxy groups -OCH3 is 1. The Kier molecular flexibility index (Phi) is 5.25. The van der Waals surface area contributed by atoms with Crippen molar-refractivity contribution in [2.24, 2.45) is 0 Å². The topological polar surface area (TPSA) is 69.7 Å². The molecule has 0 bridgehead atoms. The minimum Gasteiger partial charge on any atom is -0.465 e. The third-order valence-electron chi connectivity index (χ3n) is 2.62. The van der Waals surface area contributed by atoms with Gasteiger partial charge in [0, 0.05) is 8.95 Å². The molecule has 22 heavy (non-hydrogen) atoms. The maximum absolute atomic E-state index is 12.3. The van der Waals surface area contributed by atoms with E-state index in [4.69, 9.17) is 4.18 Å². The first-order valence-electron chi connectivity index (χ1n) is 5.91. The van der Waals surface area contributed by atoms with Gasteiger partial charge in [0.05, 0.1) is 12.7 Å². The molecule has 0 aliphatic heterocycles. The van der Waals surface area contributed by atoms with Crippen LogP contribution in [0.15, 0.2) is 56.3 Å². The normalized spacial score (nSPS) is 11.0. The highest BCUT2D eigenvalue weighted by atomic mass is 79.9. The largest absolute Gasteiger partial charge is 0.465 e. The van der Waals surface area contributed by atoms with Gasteiger partial charge in [-0.15, -0.1) is 0 Å². The number of hydrogen-bond acceptors (Lipinski definition) is 5. The number of carbonyl (C=O) groups is 1. The van der Waals surface area contributed by atoms with Gasteiger partial charge in [-0.25, -0.2) is 4.79 Å². The van der Waals surface area contributed by atoms with E-state index in [0.717, 1.165) is 0 Å². The summed E-state index contributed by atoms with van der Waals surface area (Å²) in [4.78, 5) is 11.4. The molecule has 116 valence electrons. The van der Waals surface area contributed by atoms with Gasteiger partial charge in [0.25, 0.3) is 0 Å². The molecule has 0 aromatic heterocycles. The second kappa shape index (κ2) is 6.80. The second-order valence-electron chi connectivity index (χ2n) is 4.13. The number of halogens is 2. The van der Waals surface area contributed by atoms with E-state index in [9.17, 15) is 13.2 Å². The monoisotopic (exact) mass is 448 g/mol. The molecule has 2 rings (SSSR count). The van der Waals surface area contributed by atoms with E-state index in [0.29, 0.717) is 8.95 Å². The average molecular weight is 450 g/mol. The molecule has 8 heteroatoms. The molecule has 2 aromatic carbocycles. The molecule has 0 fully saturated rings. The quantitative estimate of drug-likeness (QED) is 0.524. The summed E-state index contributed by atoms with van der Waals surface area (Å²) in [5, 5.41) is 0. The van der Waals surface area contributed by atoms with Crippen LogP contribution in [0.25, 0.3) is 0 Å². The van der Waals surface area contributed by atoms with Gasteiger partial charge in [0.1, 0.15) is 10.6 Å². The van der Waals surface area contributed by atoms with Gasteiger partial charge >= 0.3 is 16.1 Å². The lowest BCUT2D eigenvalue weighted by Gasteiger charge is -2.09. The van der Waals surface area contributed by atoms with Crippen molar-refractivity contribution in [2.45, 2.75) is 4.90 Å². The zero-order chi connectivity index (χ0) is 16.3. The molecule has 0 heterocycles. The van der Waals surface area contributed by atoms with Crippen molar-refractivity contribution in [3.05, 3.63) is 57.0 Å². The van der Waals surface area contributed by atoms with Crippen LogP contribution >= 0.6 is 31.9 Å². The Labute approximate surface area is 144 Å². The molecular formula is C14H10Br2O5S. The second-order valence-corrected chi connectivity index (χ2v) is 7.42. The Morgan fingerprint density at radius 2 is 1.82 bits per heavy atom. The Balaban J connectivity index is 2.37. The number of ether oxygens (including phenoxy) is 1. The Bertz CT molecular complexity index is 818. The first-order valence-corrected chi connectivity index (χ1v) is 8.91. The average Bonchev–Trinajstić information content (AvgIpc) is 2.48. The standard InChI is InChI=1S/C14H10Br2O5S/c1-20-14(17)9-3-2-4-11(7-9)21-22(18,19)13-8-10(15)5-6-12(13)16/h2-8H,1H3. The summed E-state index contributed by atoms with van der Waals surface area (Å²) in [6, 6.07) is 10.5. The van der Waals surface area contributed by atoms with Gasteiger partial charge in [-0.1, -0.05) is 22.0 Å². The minimum absolute atomic E-state index is 0.0228. The summed E-state index contributed by atoms with van der Waals surface area (Å²) < 4.78 is 35.3. The van der Waals surface area contributed by atoms with Crippen LogP contribution in [0.4, 0.5) is 0 Å². The molecule has 5 nitrogen and oxygen atoms in total. The maximum Gasteiger partial charge on any atom is 0.340 e. The SMILES string of the molecule is COC(=O)c1cccc(OS(=O)(=O)c2cc(Br)ccc2Br)c1. The van der Waals surface area contributed by atoms with Crippen molar-refractivity contribution in [1.29, 1.82) is 0 Å². The molecule has 0 aliphatic rings. The van der Waals surface area contributed by atoms with E-state index in [2.05, 4.69) is 36.6 Å². The molecule has 0 spiro atoms.